The molecule has 2 heterocycles. The first-order valence-corrected chi connectivity index (χ1v) is 12.8. The minimum absolute atomic E-state index is 0.225. The number of para-hydroxylation sites is 1. The summed E-state index contributed by atoms with van der Waals surface area (Å²) in [7, 11) is 0. The molecule has 176 valence electrons. The Kier molecular flexibility index (Phi) is 5.88. The van der Waals surface area contributed by atoms with Crippen LogP contribution >= 0.6 is 23.4 Å². The quantitative estimate of drug-likeness (QED) is 0.228. The SMILES string of the molecule is O=C1S/C(=C\c2cn(Cc3ccc4ccccc4c3)c3ccccc23)C(=O)N1Cc1ccc(Cl)cc1. The fraction of sp³-hybridized carbons (Fsp3) is 0.0667. The molecule has 1 aliphatic rings. The van der Waals surface area contributed by atoms with E-state index in [-0.39, 0.29) is 17.7 Å². The largest absolute Gasteiger partial charge is 0.342 e. The van der Waals surface area contributed by atoms with Gasteiger partial charge in [-0.3, -0.25) is 14.5 Å². The monoisotopic (exact) mass is 508 g/mol. The van der Waals surface area contributed by atoms with Gasteiger partial charge in [-0.2, -0.15) is 0 Å². The van der Waals surface area contributed by atoms with Gasteiger partial charge in [0.15, 0.2) is 0 Å². The number of amides is 2. The number of thioether (sulfide) groups is 1. The predicted octanol–water partition coefficient (Wildman–Crippen LogP) is 7.73. The number of carbonyl (C=O) groups excluding carboxylic acids is 2. The molecular weight excluding hydrogens is 488 g/mol. The lowest BCUT2D eigenvalue weighted by molar-refractivity contribution is -0.123. The van der Waals surface area contributed by atoms with Crippen molar-refractivity contribution in [1.29, 1.82) is 0 Å². The van der Waals surface area contributed by atoms with Gasteiger partial charge in [-0.05, 0) is 64.0 Å². The number of hydrogen-bond acceptors (Lipinski definition) is 3. The molecule has 0 aliphatic carbocycles. The Hall–Kier alpha value is -3.80. The van der Waals surface area contributed by atoms with Crippen molar-refractivity contribution in [2.24, 2.45) is 0 Å². The first kappa shape index (κ1) is 22.7. The summed E-state index contributed by atoms with van der Waals surface area (Å²) in [5.74, 6) is -0.272. The topological polar surface area (TPSA) is 42.3 Å². The first-order valence-electron chi connectivity index (χ1n) is 11.6. The Labute approximate surface area is 217 Å². The van der Waals surface area contributed by atoms with Crippen LogP contribution in [0.3, 0.4) is 0 Å². The van der Waals surface area contributed by atoms with Crippen LogP contribution in [0.5, 0.6) is 0 Å². The van der Waals surface area contributed by atoms with Gasteiger partial charge in [0.2, 0.25) is 0 Å². The summed E-state index contributed by atoms with van der Waals surface area (Å²) >= 11 is 6.95. The number of carbonyl (C=O) groups is 2. The van der Waals surface area contributed by atoms with Crippen molar-refractivity contribution in [3.05, 3.63) is 124 Å². The van der Waals surface area contributed by atoms with E-state index in [9.17, 15) is 9.59 Å². The molecular formula is C30H21ClN2O2S. The maximum absolute atomic E-state index is 13.1. The lowest BCUT2D eigenvalue weighted by atomic mass is 10.1. The third-order valence-electron chi connectivity index (χ3n) is 6.40. The zero-order valence-corrected chi connectivity index (χ0v) is 20.8. The van der Waals surface area contributed by atoms with Crippen LogP contribution in [0, 0.1) is 0 Å². The molecule has 1 saturated heterocycles. The van der Waals surface area contributed by atoms with Crippen molar-refractivity contribution in [2.45, 2.75) is 13.1 Å². The van der Waals surface area contributed by atoms with Gasteiger partial charge in [0, 0.05) is 34.2 Å². The minimum atomic E-state index is -0.272. The summed E-state index contributed by atoms with van der Waals surface area (Å²) in [4.78, 5) is 27.5. The van der Waals surface area contributed by atoms with Gasteiger partial charge >= 0.3 is 0 Å². The molecule has 4 nitrogen and oxygen atoms in total. The van der Waals surface area contributed by atoms with Crippen LogP contribution in [-0.4, -0.2) is 20.6 Å². The molecule has 36 heavy (non-hydrogen) atoms. The molecule has 0 radical (unpaired) electrons. The summed E-state index contributed by atoms with van der Waals surface area (Å²) < 4.78 is 2.20. The van der Waals surface area contributed by atoms with E-state index in [0.29, 0.717) is 16.5 Å². The first-order chi connectivity index (χ1) is 17.5. The van der Waals surface area contributed by atoms with E-state index in [1.807, 2.05) is 36.4 Å². The molecule has 0 atom stereocenters. The molecule has 4 aromatic carbocycles. The van der Waals surface area contributed by atoms with E-state index >= 15 is 0 Å². The van der Waals surface area contributed by atoms with Crippen LogP contribution in [0.4, 0.5) is 4.79 Å². The number of halogens is 1. The van der Waals surface area contributed by atoms with E-state index in [1.54, 1.807) is 12.1 Å². The number of hydrogen-bond donors (Lipinski definition) is 0. The predicted molar refractivity (Wildman–Crippen MR) is 148 cm³/mol. The second kappa shape index (κ2) is 9.34. The van der Waals surface area contributed by atoms with E-state index in [4.69, 9.17) is 11.6 Å². The second-order valence-corrected chi connectivity index (χ2v) is 10.2. The average Bonchev–Trinajstić information content (AvgIpc) is 3.37. The fourth-order valence-electron chi connectivity index (χ4n) is 4.60. The molecule has 6 heteroatoms. The van der Waals surface area contributed by atoms with Gasteiger partial charge in [0.05, 0.1) is 11.4 Å². The van der Waals surface area contributed by atoms with Crippen molar-refractivity contribution < 1.29 is 9.59 Å². The van der Waals surface area contributed by atoms with E-state index < -0.39 is 0 Å². The number of nitrogens with zero attached hydrogens (tertiary/aromatic N) is 2. The van der Waals surface area contributed by atoms with Crippen molar-refractivity contribution in [1.82, 2.24) is 9.47 Å². The van der Waals surface area contributed by atoms with Crippen LogP contribution in [-0.2, 0) is 17.9 Å². The number of rotatable bonds is 5. The molecule has 0 bridgehead atoms. The van der Waals surface area contributed by atoms with Gasteiger partial charge in [-0.15, -0.1) is 0 Å². The summed E-state index contributed by atoms with van der Waals surface area (Å²) in [6.45, 7) is 0.931. The lowest BCUT2D eigenvalue weighted by Crippen LogP contribution is -2.27. The van der Waals surface area contributed by atoms with Crippen LogP contribution in [0.25, 0.3) is 27.8 Å². The zero-order chi connectivity index (χ0) is 24.6. The number of aromatic nitrogens is 1. The maximum Gasteiger partial charge on any atom is 0.293 e. The van der Waals surface area contributed by atoms with Crippen LogP contribution in [0.1, 0.15) is 16.7 Å². The molecule has 6 rings (SSSR count). The van der Waals surface area contributed by atoms with E-state index in [1.165, 1.54) is 21.2 Å². The summed E-state index contributed by atoms with van der Waals surface area (Å²) in [5, 5.41) is 3.83. The Balaban J connectivity index is 1.31. The Morgan fingerprint density at radius 3 is 2.33 bits per heavy atom. The summed E-state index contributed by atoms with van der Waals surface area (Å²) in [6, 6.07) is 30.2. The van der Waals surface area contributed by atoms with E-state index in [0.717, 1.165) is 33.8 Å². The van der Waals surface area contributed by atoms with E-state index in [2.05, 4.69) is 59.3 Å². The van der Waals surface area contributed by atoms with Crippen molar-refractivity contribution in [3.8, 4) is 0 Å². The molecule has 0 N–H and O–H groups in total. The normalized spacial score (nSPS) is 15.0. The van der Waals surface area contributed by atoms with Gasteiger partial charge < -0.3 is 4.57 Å². The molecule has 5 aromatic rings. The summed E-state index contributed by atoms with van der Waals surface area (Å²) in [6.07, 6.45) is 3.90. The van der Waals surface area contributed by atoms with Gasteiger partial charge in [-0.1, -0.05) is 78.3 Å². The molecule has 0 unspecified atom stereocenters. The van der Waals surface area contributed by atoms with Gasteiger partial charge in [-0.25, -0.2) is 0 Å². The Bertz CT molecular complexity index is 1670. The third-order valence-corrected chi connectivity index (χ3v) is 7.56. The Morgan fingerprint density at radius 1 is 0.778 bits per heavy atom. The zero-order valence-electron chi connectivity index (χ0n) is 19.2. The van der Waals surface area contributed by atoms with Gasteiger partial charge in [0.1, 0.15) is 0 Å². The third kappa shape index (κ3) is 4.32. The standard InChI is InChI=1S/C30H21ClN2O2S/c31-25-13-10-20(11-14-25)18-33-29(34)28(36-30(33)35)16-24-19-32(27-8-4-3-7-26(24)27)17-21-9-12-22-5-1-2-6-23(22)15-21/h1-16,19H,17-18H2/b28-16-. The number of fused-ring (bicyclic) bond motifs is 2. The molecule has 2 amide bonds. The maximum atomic E-state index is 13.1. The van der Waals surface area contributed by atoms with Crippen LogP contribution in [0.15, 0.2) is 102 Å². The van der Waals surface area contributed by atoms with Crippen molar-refractivity contribution in [3.63, 3.8) is 0 Å². The highest BCUT2D eigenvalue weighted by Gasteiger charge is 2.35. The van der Waals surface area contributed by atoms with Crippen LogP contribution < -0.4 is 0 Å². The molecule has 0 spiro atoms. The molecule has 1 fully saturated rings. The highest BCUT2D eigenvalue weighted by Crippen LogP contribution is 2.35. The average molecular weight is 509 g/mol. The highest BCUT2D eigenvalue weighted by molar-refractivity contribution is 8.18. The number of benzene rings is 4. The van der Waals surface area contributed by atoms with Crippen molar-refractivity contribution in [2.75, 3.05) is 0 Å². The fourth-order valence-corrected chi connectivity index (χ4v) is 5.56. The molecule has 0 saturated carbocycles. The summed E-state index contributed by atoms with van der Waals surface area (Å²) in [5.41, 5.74) is 4.06. The number of imide groups is 1. The van der Waals surface area contributed by atoms with Gasteiger partial charge in [0.25, 0.3) is 11.1 Å². The highest BCUT2D eigenvalue weighted by atomic mass is 35.5. The molecule has 1 aliphatic heterocycles. The smallest absolute Gasteiger partial charge is 0.293 e. The molecule has 1 aromatic heterocycles. The lowest BCUT2D eigenvalue weighted by Gasteiger charge is -2.12. The van der Waals surface area contributed by atoms with Crippen molar-refractivity contribution >= 4 is 62.3 Å². The van der Waals surface area contributed by atoms with Crippen LogP contribution in [0.2, 0.25) is 5.02 Å². The second-order valence-electron chi connectivity index (χ2n) is 8.81. The minimum Gasteiger partial charge on any atom is -0.342 e. The Morgan fingerprint density at radius 2 is 1.50 bits per heavy atom.